The minimum atomic E-state index is 0. The van der Waals surface area contributed by atoms with E-state index in [2.05, 4.69) is 66.9 Å². The van der Waals surface area contributed by atoms with E-state index < -0.39 is 0 Å². The number of nitrogens with one attached hydrogen (secondary N) is 3. The fourth-order valence-electron chi connectivity index (χ4n) is 3.30. The number of halogens is 1. The summed E-state index contributed by atoms with van der Waals surface area (Å²) in [7, 11) is 0. The number of aliphatic imine (C=N–C) groups is 1. The molecular weight excluding hydrogens is 481 g/mol. The Hall–Kier alpha value is -2.56. The first kappa shape index (κ1) is 21.2. The molecule has 0 spiro atoms. The number of anilines is 1. The van der Waals surface area contributed by atoms with Crippen LogP contribution in [0.3, 0.4) is 0 Å². The smallest absolute Gasteiger partial charge is 0.216 e. The normalized spacial score (nSPS) is 16.5. The molecule has 1 aliphatic rings. The van der Waals surface area contributed by atoms with Crippen LogP contribution < -0.4 is 15.5 Å². The van der Waals surface area contributed by atoms with E-state index in [0.29, 0.717) is 30.0 Å². The lowest BCUT2D eigenvalue weighted by molar-refractivity contribution is 0.577. The molecule has 4 rings (SSSR count). The van der Waals surface area contributed by atoms with Crippen molar-refractivity contribution in [2.45, 2.75) is 25.9 Å². The summed E-state index contributed by atoms with van der Waals surface area (Å²) in [5, 5.41) is 14.0. The molecule has 9 heteroatoms. The van der Waals surface area contributed by atoms with Gasteiger partial charge in [-0.1, -0.05) is 18.2 Å². The zero-order chi connectivity index (χ0) is 19.2. The average molecular weight is 507 g/mol. The van der Waals surface area contributed by atoms with Gasteiger partial charge in [0.1, 0.15) is 12.4 Å². The Balaban J connectivity index is 0.00000240. The first-order valence-electron chi connectivity index (χ1n) is 9.62. The van der Waals surface area contributed by atoms with Crippen LogP contribution in [0.5, 0.6) is 0 Å². The Labute approximate surface area is 187 Å². The van der Waals surface area contributed by atoms with Gasteiger partial charge in [0.2, 0.25) is 5.82 Å². The van der Waals surface area contributed by atoms with Gasteiger partial charge in [0.15, 0.2) is 11.7 Å². The lowest BCUT2D eigenvalue weighted by Crippen LogP contribution is -2.44. The second-order valence-corrected chi connectivity index (χ2v) is 6.69. The van der Waals surface area contributed by atoms with Crippen molar-refractivity contribution in [1.29, 1.82) is 0 Å². The van der Waals surface area contributed by atoms with E-state index in [1.165, 1.54) is 5.69 Å². The third kappa shape index (κ3) is 5.49. The van der Waals surface area contributed by atoms with Crippen LogP contribution in [-0.4, -0.2) is 46.8 Å². The second kappa shape index (κ2) is 10.3. The molecule has 0 aliphatic carbocycles. The van der Waals surface area contributed by atoms with Crippen molar-refractivity contribution in [3.8, 4) is 11.6 Å². The maximum atomic E-state index is 5.32. The number of hydrogen-bond donors (Lipinski definition) is 3. The Kier molecular flexibility index (Phi) is 7.50. The molecule has 1 fully saturated rings. The van der Waals surface area contributed by atoms with E-state index in [0.717, 1.165) is 32.0 Å². The molecule has 1 unspecified atom stereocenters. The van der Waals surface area contributed by atoms with Crippen LogP contribution in [0.4, 0.5) is 5.69 Å². The van der Waals surface area contributed by atoms with Gasteiger partial charge in [0.05, 0.1) is 6.26 Å². The number of hydrogen-bond acceptors (Lipinski definition) is 5. The largest absolute Gasteiger partial charge is 0.461 e. The fourth-order valence-corrected chi connectivity index (χ4v) is 3.30. The number of rotatable bonds is 6. The van der Waals surface area contributed by atoms with Crippen LogP contribution in [0.25, 0.3) is 11.6 Å². The molecule has 8 nitrogen and oxygen atoms in total. The molecule has 0 amide bonds. The number of benzene rings is 1. The first-order chi connectivity index (χ1) is 13.8. The lowest BCUT2D eigenvalue weighted by atomic mass is 10.3. The zero-order valence-corrected chi connectivity index (χ0v) is 18.7. The Morgan fingerprint density at radius 1 is 1.28 bits per heavy atom. The van der Waals surface area contributed by atoms with Crippen molar-refractivity contribution in [2.24, 2.45) is 4.99 Å². The molecule has 3 N–H and O–H groups in total. The quantitative estimate of drug-likeness (QED) is 0.270. The molecule has 0 saturated carbocycles. The average Bonchev–Trinajstić information content (AvgIpc) is 3.48. The number of aromatic nitrogens is 3. The third-order valence-corrected chi connectivity index (χ3v) is 4.65. The van der Waals surface area contributed by atoms with Crippen molar-refractivity contribution in [3.05, 3.63) is 54.6 Å². The monoisotopic (exact) mass is 507 g/mol. The molecule has 1 aliphatic heterocycles. The minimum Gasteiger partial charge on any atom is -0.461 e. The molecule has 1 saturated heterocycles. The molecule has 2 aromatic heterocycles. The topological polar surface area (TPSA) is 94.4 Å². The second-order valence-electron chi connectivity index (χ2n) is 6.69. The van der Waals surface area contributed by atoms with E-state index >= 15 is 0 Å². The van der Waals surface area contributed by atoms with Crippen LogP contribution in [0, 0.1) is 0 Å². The summed E-state index contributed by atoms with van der Waals surface area (Å²) in [6.45, 7) is 5.27. The van der Waals surface area contributed by atoms with Gasteiger partial charge >= 0.3 is 0 Å². The predicted molar refractivity (Wildman–Crippen MR) is 125 cm³/mol. The maximum Gasteiger partial charge on any atom is 0.216 e. The van der Waals surface area contributed by atoms with E-state index in [-0.39, 0.29) is 24.0 Å². The Bertz CT molecular complexity index is 895. The van der Waals surface area contributed by atoms with E-state index in [9.17, 15) is 0 Å². The van der Waals surface area contributed by atoms with Crippen molar-refractivity contribution in [1.82, 2.24) is 25.8 Å². The van der Waals surface area contributed by atoms with Crippen LogP contribution in [-0.2, 0) is 6.54 Å². The number of para-hydroxylation sites is 1. The summed E-state index contributed by atoms with van der Waals surface area (Å²) in [4.78, 5) is 11.5. The highest BCUT2D eigenvalue weighted by atomic mass is 127. The SMILES string of the molecule is CCNC(=NCc1nc(-c2ccco2)n[nH]1)NC1CCN(c2ccccc2)C1.I. The molecule has 3 aromatic rings. The van der Waals surface area contributed by atoms with Crippen molar-refractivity contribution in [2.75, 3.05) is 24.5 Å². The summed E-state index contributed by atoms with van der Waals surface area (Å²) in [5.74, 6) is 2.67. The molecule has 0 radical (unpaired) electrons. The first-order valence-corrected chi connectivity index (χ1v) is 9.62. The predicted octanol–water partition coefficient (Wildman–Crippen LogP) is 3.02. The van der Waals surface area contributed by atoms with Gasteiger partial charge in [0.25, 0.3) is 0 Å². The standard InChI is InChI=1S/C20H25N7O.HI/c1-2-21-20(22-13-18-24-19(26-25-18)17-9-6-12-28-17)23-15-10-11-27(14-15)16-7-4-3-5-8-16;/h3-9,12,15H,2,10-11,13-14H2,1H3,(H2,21,22,23)(H,24,25,26);1H. The van der Waals surface area contributed by atoms with Gasteiger partial charge in [-0.2, -0.15) is 0 Å². The molecule has 29 heavy (non-hydrogen) atoms. The third-order valence-electron chi connectivity index (χ3n) is 4.65. The Morgan fingerprint density at radius 2 is 2.14 bits per heavy atom. The van der Waals surface area contributed by atoms with Gasteiger partial charge in [-0.25, -0.2) is 9.98 Å². The summed E-state index contributed by atoms with van der Waals surface area (Å²) < 4.78 is 5.32. The van der Waals surface area contributed by atoms with Gasteiger partial charge < -0.3 is 20.0 Å². The van der Waals surface area contributed by atoms with Crippen molar-refractivity contribution in [3.63, 3.8) is 0 Å². The number of H-pyrrole nitrogens is 1. The maximum absolute atomic E-state index is 5.32. The van der Waals surface area contributed by atoms with Crippen LogP contribution in [0.15, 0.2) is 58.1 Å². The number of furan rings is 1. The molecule has 1 aromatic carbocycles. The summed E-state index contributed by atoms with van der Waals surface area (Å²) in [6.07, 6.45) is 2.68. The van der Waals surface area contributed by atoms with E-state index in [1.54, 1.807) is 6.26 Å². The van der Waals surface area contributed by atoms with E-state index in [4.69, 9.17) is 4.42 Å². The lowest BCUT2D eigenvalue weighted by Gasteiger charge is -2.20. The van der Waals surface area contributed by atoms with Crippen LogP contribution >= 0.6 is 24.0 Å². The highest BCUT2D eigenvalue weighted by molar-refractivity contribution is 14.0. The number of nitrogens with zero attached hydrogens (tertiary/aromatic N) is 4. The molecule has 3 heterocycles. The van der Waals surface area contributed by atoms with Crippen LogP contribution in [0.2, 0.25) is 0 Å². The molecular formula is C20H26IN7O. The minimum absolute atomic E-state index is 0. The number of aromatic amines is 1. The van der Waals surface area contributed by atoms with Crippen LogP contribution in [0.1, 0.15) is 19.2 Å². The summed E-state index contributed by atoms with van der Waals surface area (Å²) in [5.41, 5.74) is 1.26. The zero-order valence-electron chi connectivity index (χ0n) is 16.3. The molecule has 0 bridgehead atoms. The Morgan fingerprint density at radius 3 is 2.90 bits per heavy atom. The van der Waals surface area contributed by atoms with Crippen molar-refractivity contribution < 1.29 is 4.42 Å². The molecule has 154 valence electrons. The number of guanidine groups is 1. The highest BCUT2D eigenvalue weighted by Gasteiger charge is 2.23. The van der Waals surface area contributed by atoms with Gasteiger partial charge in [-0.05, 0) is 37.6 Å². The van der Waals surface area contributed by atoms with E-state index in [1.807, 2.05) is 18.2 Å². The van der Waals surface area contributed by atoms with Gasteiger partial charge in [0, 0.05) is 31.4 Å². The molecule has 1 atom stereocenters. The summed E-state index contributed by atoms with van der Waals surface area (Å²) >= 11 is 0. The van der Waals surface area contributed by atoms with Gasteiger partial charge in [-0.3, -0.25) is 5.10 Å². The highest BCUT2D eigenvalue weighted by Crippen LogP contribution is 2.19. The van der Waals surface area contributed by atoms with Gasteiger partial charge in [-0.15, -0.1) is 29.1 Å². The fraction of sp³-hybridized carbons (Fsp3) is 0.350. The van der Waals surface area contributed by atoms with Crippen molar-refractivity contribution >= 4 is 35.6 Å². The summed E-state index contributed by atoms with van der Waals surface area (Å²) in [6, 6.07) is 14.5.